The van der Waals surface area contributed by atoms with Crippen LogP contribution in [0, 0.1) is 0 Å². The topological polar surface area (TPSA) is 74.8 Å². The van der Waals surface area contributed by atoms with E-state index >= 15 is 0 Å². The molecule has 0 bridgehead atoms. The van der Waals surface area contributed by atoms with E-state index in [9.17, 15) is 4.79 Å². The molecule has 2 aromatic heterocycles. The van der Waals surface area contributed by atoms with Crippen LogP contribution in [0.2, 0.25) is 5.02 Å². The van der Waals surface area contributed by atoms with Crippen molar-refractivity contribution in [3.8, 4) is 22.6 Å². The molecule has 0 N–H and O–H groups in total. The van der Waals surface area contributed by atoms with Gasteiger partial charge in [0.25, 0.3) is 5.56 Å². The molecule has 0 unspecified atom stereocenters. The highest BCUT2D eigenvalue weighted by atomic mass is 35.5. The Balaban J connectivity index is 1.39. The van der Waals surface area contributed by atoms with E-state index in [1.807, 2.05) is 66.9 Å². The quantitative estimate of drug-likeness (QED) is 0.377. The molecule has 5 rings (SSSR count). The highest BCUT2D eigenvalue weighted by molar-refractivity contribution is 6.30. The molecule has 0 aliphatic heterocycles. The van der Waals surface area contributed by atoms with Crippen molar-refractivity contribution in [1.29, 1.82) is 0 Å². The molecule has 0 spiro atoms. The van der Waals surface area contributed by atoms with Crippen molar-refractivity contribution < 1.29 is 4.74 Å². The second-order valence-corrected chi connectivity index (χ2v) is 7.64. The lowest BCUT2D eigenvalue weighted by Gasteiger charge is -2.09. The Morgan fingerprint density at radius 3 is 2.31 bits per heavy atom. The maximum absolute atomic E-state index is 13.0. The van der Waals surface area contributed by atoms with Crippen molar-refractivity contribution in [3.05, 3.63) is 101 Å². The summed E-state index contributed by atoms with van der Waals surface area (Å²) >= 11 is 5.91. The van der Waals surface area contributed by atoms with Gasteiger partial charge in [-0.3, -0.25) is 9.48 Å². The Hall–Kier alpha value is -3.97. The van der Waals surface area contributed by atoms with Crippen molar-refractivity contribution in [2.24, 2.45) is 0 Å². The first-order chi connectivity index (χ1) is 15.7. The second kappa shape index (κ2) is 8.64. The van der Waals surface area contributed by atoms with Crippen LogP contribution in [0.1, 0.15) is 0 Å². The van der Waals surface area contributed by atoms with Gasteiger partial charge in [0.05, 0.1) is 18.5 Å². The van der Waals surface area contributed by atoms with E-state index in [-0.39, 0.29) is 5.56 Å². The number of benzene rings is 3. The lowest BCUT2D eigenvalue weighted by molar-refractivity contribution is 0.469. The number of hydrogen-bond donors (Lipinski definition) is 0. The largest absolute Gasteiger partial charge is 0.457 e. The van der Waals surface area contributed by atoms with Crippen LogP contribution in [-0.2, 0) is 13.1 Å². The number of ether oxygens (including phenoxy) is 1. The SMILES string of the molecule is O=c1c2cc(-c3ccc(Oc4ccc(Cl)cc4)cc3)ccc2nnn1CCn1cccn1. The maximum Gasteiger partial charge on any atom is 0.277 e. The molecular weight excluding hydrogens is 426 g/mol. The fraction of sp³-hybridized carbons (Fsp3) is 0.0833. The summed E-state index contributed by atoms with van der Waals surface area (Å²) in [7, 11) is 0. The fourth-order valence-corrected chi connectivity index (χ4v) is 3.51. The smallest absolute Gasteiger partial charge is 0.277 e. The van der Waals surface area contributed by atoms with Gasteiger partial charge in [0.1, 0.15) is 17.0 Å². The van der Waals surface area contributed by atoms with E-state index in [0.717, 1.165) is 11.1 Å². The van der Waals surface area contributed by atoms with Crippen LogP contribution in [0.15, 0.2) is 90.0 Å². The molecule has 0 atom stereocenters. The third-order valence-electron chi connectivity index (χ3n) is 5.06. The molecule has 0 saturated carbocycles. The summed E-state index contributed by atoms with van der Waals surface area (Å²) < 4.78 is 8.97. The standard InChI is InChI=1S/C24H18ClN5O2/c25-19-5-9-21(10-6-19)32-20-7-2-17(3-8-20)18-4-11-23-22(16-18)24(31)30(28-27-23)15-14-29-13-1-12-26-29/h1-13,16H,14-15H2. The van der Waals surface area contributed by atoms with Gasteiger partial charge in [-0.2, -0.15) is 5.10 Å². The number of halogens is 1. The predicted octanol–water partition coefficient (Wildman–Crippen LogP) is 4.80. The second-order valence-electron chi connectivity index (χ2n) is 7.20. The van der Waals surface area contributed by atoms with Crippen molar-refractivity contribution >= 4 is 22.5 Å². The van der Waals surface area contributed by atoms with Gasteiger partial charge in [-0.1, -0.05) is 35.0 Å². The van der Waals surface area contributed by atoms with Gasteiger partial charge in [0.15, 0.2) is 0 Å². The normalized spacial score (nSPS) is 11.0. The summed E-state index contributed by atoms with van der Waals surface area (Å²) in [6.07, 6.45) is 3.55. The molecule has 0 saturated heterocycles. The number of hydrogen-bond acceptors (Lipinski definition) is 5. The maximum atomic E-state index is 13.0. The summed E-state index contributed by atoms with van der Waals surface area (Å²) in [6.45, 7) is 0.937. The molecule has 0 amide bonds. The van der Waals surface area contributed by atoms with Crippen LogP contribution in [0.3, 0.4) is 0 Å². The van der Waals surface area contributed by atoms with Crippen LogP contribution in [-0.4, -0.2) is 24.8 Å². The van der Waals surface area contributed by atoms with Crippen LogP contribution in [0.4, 0.5) is 0 Å². The number of aromatic nitrogens is 5. The zero-order chi connectivity index (χ0) is 21.9. The molecule has 7 nitrogen and oxygen atoms in total. The average Bonchev–Trinajstić information content (AvgIpc) is 3.34. The van der Waals surface area contributed by atoms with Gasteiger partial charge in [0, 0.05) is 17.4 Å². The van der Waals surface area contributed by atoms with E-state index in [2.05, 4.69) is 15.4 Å². The minimum Gasteiger partial charge on any atom is -0.457 e. The average molecular weight is 444 g/mol. The zero-order valence-corrected chi connectivity index (χ0v) is 17.7. The summed E-state index contributed by atoms with van der Waals surface area (Å²) in [5, 5.41) is 13.6. The highest BCUT2D eigenvalue weighted by Crippen LogP contribution is 2.27. The van der Waals surface area contributed by atoms with Gasteiger partial charge in [-0.15, -0.1) is 5.10 Å². The van der Waals surface area contributed by atoms with Crippen LogP contribution < -0.4 is 10.3 Å². The molecule has 158 valence electrons. The first kappa shape index (κ1) is 20.0. The Bertz CT molecular complexity index is 1410. The van der Waals surface area contributed by atoms with E-state index in [1.165, 1.54) is 4.68 Å². The van der Waals surface area contributed by atoms with Gasteiger partial charge in [-0.25, -0.2) is 4.68 Å². The van der Waals surface area contributed by atoms with Crippen molar-refractivity contribution in [1.82, 2.24) is 24.8 Å². The molecular formula is C24H18ClN5O2. The van der Waals surface area contributed by atoms with E-state index < -0.39 is 0 Å². The third kappa shape index (κ3) is 4.24. The Morgan fingerprint density at radius 2 is 1.59 bits per heavy atom. The molecule has 2 heterocycles. The lowest BCUT2D eigenvalue weighted by atomic mass is 10.0. The van der Waals surface area contributed by atoms with Crippen molar-refractivity contribution in [2.45, 2.75) is 13.1 Å². The lowest BCUT2D eigenvalue weighted by Crippen LogP contribution is -2.26. The fourth-order valence-electron chi connectivity index (χ4n) is 3.39. The summed E-state index contributed by atoms with van der Waals surface area (Å²) in [6, 6.07) is 22.3. The zero-order valence-electron chi connectivity index (χ0n) is 16.9. The first-order valence-corrected chi connectivity index (χ1v) is 10.4. The van der Waals surface area contributed by atoms with Crippen molar-refractivity contribution in [2.75, 3.05) is 0 Å². The van der Waals surface area contributed by atoms with E-state index in [0.29, 0.717) is 40.5 Å². The monoisotopic (exact) mass is 443 g/mol. The molecule has 0 aliphatic rings. The minimum absolute atomic E-state index is 0.174. The number of fused-ring (bicyclic) bond motifs is 1. The highest BCUT2D eigenvalue weighted by Gasteiger charge is 2.09. The summed E-state index contributed by atoms with van der Waals surface area (Å²) in [4.78, 5) is 13.0. The number of nitrogens with zero attached hydrogens (tertiary/aromatic N) is 5. The molecule has 0 radical (unpaired) electrons. The number of aryl methyl sites for hydroxylation is 2. The summed E-state index contributed by atoms with van der Waals surface area (Å²) in [5.74, 6) is 1.42. The summed E-state index contributed by atoms with van der Waals surface area (Å²) in [5.41, 5.74) is 2.28. The minimum atomic E-state index is -0.174. The van der Waals surface area contributed by atoms with Crippen LogP contribution >= 0.6 is 11.6 Å². The third-order valence-corrected chi connectivity index (χ3v) is 5.31. The molecule has 8 heteroatoms. The van der Waals surface area contributed by atoms with Crippen LogP contribution in [0.5, 0.6) is 11.5 Å². The molecule has 0 fully saturated rings. The number of rotatable bonds is 6. The first-order valence-electron chi connectivity index (χ1n) is 10.0. The predicted molar refractivity (Wildman–Crippen MR) is 123 cm³/mol. The van der Waals surface area contributed by atoms with Gasteiger partial charge < -0.3 is 4.74 Å². The van der Waals surface area contributed by atoms with Gasteiger partial charge in [0.2, 0.25) is 0 Å². The van der Waals surface area contributed by atoms with E-state index in [1.54, 1.807) is 23.0 Å². The van der Waals surface area contributed by atoms with Gasteiger partial charge >= 0.3 is 0 Å². The van der Waals surface area contributed by atoms with E-state index in [4.69, 9.17) is 16.3 Å². The Labute approximate surface area is 188 Å². The Morgan fingerprint density at radius 1 is 0.875 bits per heavy atom. The van der Waals surface area contributed by atoms with Crippen molar-refractivity contribution in [3.63, 3.8) is 0 Å². The molecule has 5 aromatic rings. The van der Waals surface area contributed by atoms with Crippen LogP contribution in [0.25, 0.3) is 22.0 Å². The van der Waals surface area contributed by atoms with Gasteiger partial charge in [-0.05, 0) is 65.7 Å². The molecule has 32 heavy (non-hydrogen) atoms. The molecule has 3 aromatic carbocycles. The molecule has 0 aliphatic carbocycles. The Kier molecular flexibility index (Phi) is 5.39.